The summed E-state index contributed by atoms with van der Waals surface area (Å²) in [5.74, 6) is 0.970. The molecule has 0 saturated heterocycles. The van der Waals surface area contributed by atoms with Crippen LogP contribution >= 0.6 is 0 Å². The van der Waals surface area contributed by atoms with E-state index in [-0.39, 0.29) is 16.9 Å². The molecule has 0 spiro atoms. The number of fused-ring (bicyclic) bond motifs is 2. The third-order valence-electron chi connectivity index (χ3n) is 5.18. The molecule has 2 saturated carbocycles. The second-order valence-electron chi connectivity index (χ2n) is 7.68. The Balaban J connectivity index is 2.08. The highest BCUT2D eigenvalue weighted by atomic mass is 16.2. The normalized spacial score (nSPS) is 36.6. The summed E-state index contributed by atoms with van der Waals surface area (Å²) in [7, 11) is 0. The molecule has 2 aliphatic carbocycles. The van der Waals surface area contributed by atoms with E-state index in [0.717, 1.165) is 5.92 Å². The molecular formula is C15H27NO. The first-order chi connectivity index (χ1) is 7.69. The van der Waals surface area contributed by atoms with Gasteiger partial charge < -0.3 is 5.32 Å². The molecule has 2 heteroatoms. The molecule has 2 fully saturated rings. The lowest BCUT2D eigenvalue weighted by atomic mass is 9.75. The molecule has 2 rings (SSSR count). The smallest absolute Gasteiger partial charge is 0.225 e. The summed E-state index contributed by atoms with van der Waals surface area (Å²) in [4.78, 5) is 12.2. The highest BCUT2D eigenvalue weighted by Crippen LogP contribution is 2.60. The summed E-state index contributed by atoms with van der Waals surface area (Å²) in [6.45, 7) is 10.7. The summed E-state index contributed by atoms with van der Waals surface area (Å²) >= 11 is 0. The van der Waals surface area contributed by atoms with Gasteiger partial charge in [0.2, 0.25) is 5.91 Å². The average molecular weight is 237 g/mol. The predicted molar refractivity (Wildman–Crippen MR) is 70.7 cm³/mol. The van der Waals surface area contributed by atoms with Crippen LogP contribution in [0.25, 0.3) is 0 Å². The van der Waals surface area contributed by atoms with Crippen LogP contribution in [0.4, 0.5) is 0 Å². The maximum atomic E-state index is 12.2. The third kappa shape index (κ3) is 2.11. The Bertz CT molecular complexity index is 316. The molecule has 0 aromatic heterocycles. The van der Waals surface area contributed by atoms with Gasteiger partial charge in [-0.25, -0.2) is 0 Å². The maximum Gasteiger partial charge on any atom is 0.225 e. The van der Waals surface area contributed by atoms with Crippen molar-refractivity contribution in [3.8, 4) is 0 Å². The second kappa shape index (κ2) is 3.73. The van der Waals surface area contributed by atoms with Crippen molar-refractivity contribution < 1.29 is 4.79 Å². The Morgan fingerprint density at radius 3 is 2.00 bits per heavy atom. The number of hydrogen-bond donors (Lipinski definition) is 1. The standard InChI is InChI=1S/C15H27NO/c1-11(2)14-6-8-15(10-14,9-7-14)16-12(17)13(3,4)5/h11H,6-10H2,1-5H3,(H,16,17). The Labute approximate surface area is 106 Å². The Morgan fingerprint density at radius 1 is 1.12 bits per heavy atom. The fourth-order valence-electron chi connectivity index (χ4n) is 3.63. The van der Waals surface area contributed by atoms with E-state index in [0.29, 0.717) is 5.41 Å². The predicted octanol–water partition coefficient (Wildman–Crippen LogP) is 3.51. The maximum absolute atomic E-state index is 12.2. The zero-order valence-electron chi connectivity index (χ0n) is 12.0. The first-order valence-corrected chi connectivity index (χ1v) is 7.02. The van der Waals surface area contributed by atoms with E-state index in [2.05, 4.69) is 19.2 Å². The van der Waals surface area contributed by atoms with E-state index in [1.165, 1.54) is 32.1 Å². The summed E-state index contributed by atoms with van der Waals surface area (Å²) < 4.78 is 0. The van der Waals surface area contributed by atoms with Crippen LogP contribution in [0.2, 0.25) is 0 Å². The first-order valence-electron chi connectivity index (χ1n) is 7.02. The van der Waals surface area contributed by atoms with Gasteiger partial charge in [0, 0.05) is 11.0 Å². The summed E-state index contributed by atoms with van der Waals surface area (Å²) in [5, 5.41) is 3.36. The minimum absolute atomic E-state index is 0.134. The summed E-state index contributed by atoms with van der Waals surface area (Å²) in [6, 6.07) is 0. The van der Waals surface area contributed by atoms with Crippen molar-refractivity contribution in [2.45, 2.75) is 72.3 Å². The average Bonchev–Trinajstić information content (AvgIpc) is 2.72. The van der Waals surface area contributed by atoms with Gasteiger partial charge in [-0.1, -0.05) is 34.6 Å². The number of rotatable bonds is 2. The minimum Gasteiger partial charge on any atom is -0.350 e. The van der Waals surface area contributed by atoms with E-state index in [1.807, 2.05) is 20.8 Å². The van der Waals surface area contributed by atoms with E-state index < -0.39 is 0 Å². The number of carbonyl (C=O) groups excluding carboxylic acids is 1. The van der Waals surface area contributed by atoms with Crippen molar-refractivity contribution in [1.82, 2.24) is 5.32 Å². The van der Waals surface area contributed by atoms with Crippen molar-refractivity contribution in [3.63, 3.8) is 0 Å². The van der Waals surface area contributed by atoms with Crippen molar-refractivity contribution in [2.75, 3.05) is 0 Å². The Hall–Kier alpha value is -0.530. The molecule has 0 unspecified atom stereocenters. The molecule has 2 nitrogen and oxygen atoms in total. The van der Waals surface area contributed by atoms with E-state index >= 15 is 0 Å². The topological polar surface area (TPSA) is 29.1 Å². The second-order valence-corrected chi connectivity index (χ2v) is 7.68. The van der Waals surface area contributed by atoms with Crippen LogP contribution in [-0.2, 0) is 4.79 Å². The molecule has 2 bridgehead atoms. The van der Waals surface area contributed by atoms with E-state index in [1.54, 1.807) is 0 Å². The number of amides is 1. The largest absolute Gasteiger partial charge is 0.350 e. The molecule has 0 radical (unpaired) electrons. The summed E-state index contributed by atoms with van der Waals surface area (Å²) in [6.07, 6.45) is 6.18. The van der Waals surface area contributed by atoms with Gasteiger partial charge in [-0.15, -0.1) is 0 Å². The van der Waals surface area contributed by atoms with Crippen LogP contribution in [0, 0.1) is 16.7 Å². The van der Waals surface area contributed by atoms with Gasteiger partial charge >= 0.3 is 0 Å². The van der Waals surface area contributed by atoms with Crippen LogP contribution in [0.1, 0.15) is 66.7 Å². The van der Waals surface area contributed by atoms with Crippen molar-refractivity contribution in [3.05, 3.63) is 0 Å². The van der Waals surface area contributed by atoms with Crippen molar-refractivity contribution in [1.29, 1.82) is 0 Å². The van der Waals surface area contributed by atoms with Gasteiger partial charge in [-0.2, -0.15) is 0 Å². The zero-order chi connectivity index (χ0) is 12.9. The Kier molecular flexibility index (Phi) is 2.83. The fraction of sp³-hybridized carbons (Fsp3) is 0.933. The summed E-state index contributed by atoms with van der Waals surface area (Å²) in [5.41, 5.74) is 0.389. The van der Waals surface area contributed by atoms with Crippen LogP contribution in [-0.4, -0.2) is 11.4 Å². The molecule has 1 amide bonds. The lowest BCUT2D eigenvalue weighted by Gasteiger charge is -2.32. The molecule has 2 aliphatic rings. The van der Waals surface area contributed by atoms with Gasteiger partial charge in [0.25, 0.3) is 0 Å². The SMILES string of the molecule is CC(C)C12CCC(NC(=O)C(C)(C)C)(CC1)C2. The Morgan fingerprint density at radius 2 is 1.65 bits per heavy atom. The minimum atomic E-state index is -0.263. The highest BCUT2D eigenvalue weighted by Gasteiger charge is 2.56. The van der Waals surface area contributed by atoms with Crippen LogP contribution in [0.5, 0.6) is 0 Å². The van der Waals surface area contributed by atoms with E-state index in [4.69, 9.17) is 0 Å². The monoisotopic (exact) mass is 237 g/mol. The molecule has 0 atom stereocenters. The number of nitrogens with one attached hydrogen (secondary N) is 1. The number of carbonyl (C=O) groups is 1. The molecule has 17 heavy (non-hydrogen) atoms. The molecule has 0 heterocycles. The van der Waals surface area contributed by atoms with Crippen LogP contribution in [0.3, 0.4) is 0 Å². The molecular weight excluding hydrogens is 210 g/mol. The quantitative estimate of drug-likeness (QED) is 0.782. The van der Waals surface area contributed by atoms with Crippen molar-refractivity contribution in [2.24, 2.45) is 16.7 Å². The van der Waals surface area contributed by atoms with Gasteiger partial charge in [-0.3, -0.25) is 4.79 Å². The van der Waals surface area contributed by atoms with Gasteiger partial charge in [0.1, 0.15) is 0 Å². The number of hydrogen-bond acceptors (Lipinski definition) is 1. The molecule has 0 aromatic carbocycles. The fourth-order valence-corrected chi connectivity index (χ4v) is 3.63. The molecule has 0 aromatic rings. The van der Waals surface area contributed by atoms with Crippen LogP contribution in [0.15, 0.2) is 0 Å². The first kappa shape index (κ1) is 12.9. The molecule has 0 aliphatic heterocycles. The lowest BCUT2D eigenvalue weighted by molar-refractivity contribution is -0.130. The zero-order valence-corrected chi connectivity index (χ0v) is 12.0. The lowest BCUT2D eigenvalue weighted by Crippen LogP contribution is -2.49. The van der Waals surface area contributed by atoms with Gasteiger partial charge in [0.05, 0.1) is 0 Å². The molecule has 98 valence electrons. The molecule has 1 N–H and O–H groups in total. The van der Waals surface area contributed by atoms with Crippen LogP contribution < -0.4 is 5.32 Å². The van der Waals surface area contributed by atoms with Gasteiger partial charge in [0.15, 0.2) is 0 Å². The van der Waals surface area contributed by atoms with Gasteiger partial charge in [-0.05, 0) is 43.4 Å². The third-order valence-corrected chi connectivity index (χ3v) is 5.18. The van der Waals surface area contributed by atoms with E-state index in [9.17, 15) is 4.79 Å². The van der Waals surface area contributed by atoms with Crippen molar-refractivity contribution >= 4 is 5.91 Å². The highest BCUT2D eigenvalue weighted by molar-refractivity contribution is 5.82.